The Hall–Kier alpha value is -2.44. The number of fused-ring (bicyclic) bond motifs is 1. The van der Waals surface area contributed by atoms with E-state index in [1.165, 1.54) is 17.7 Å². The van der Waals surface area contributed by atoms with Gasteiger partial charge in [0.1, 0.15) is 11.3 Å². The first kappa shape index (κ1) is 16.4. The van der Waals surface area contributed by atoms with Crippen LogP contribution in [0.3, 0.4) is 0 Å². The molecule has 0 aliphatic heterocycles. The van der Waals surface area contributed by atoms with Gasteiger partial charge in [0.05, 0.1) is 5.39 Å². The molecule has 1 saturated carbocycles. The average Bonchev–Trinajstić information content (AvgIpc) is 2.59. The molecule has 1 aliphatic carbocycles. The summed E-state index contributed by atoms with van der Waals surface area (Å²) in [6.07, 6.45) is 4.17. The number of carbonyl (C=O) groups is 1. The van der Waals surface area contributed by atoms with Crippen LogP contribution >= 0.6 is 0 Å². The van der Waals surface area contributed by atoms with E-state index in [1.54, 1.807) is 13.1 Å². The molecule has 0 unspecified atom stereocenters. The lowest BCUT2D eigenvalue weighted by atomic mass is 9.87. The Morgan fingerprint density at radius 2 is 1.79 bits per heavy atom. The van der Waals surface area contributed by atoms with Gasteiger partial charge in [-0.25, -0.2) is 9.78 Å². The van der Waals surface area contributed by atoms with Crippen molar-refractivity contribution >= 4 is 16.9 Å². The number of hydrogen-bond donors (Lipinski definition) is 1. The molecule has 0 radical (unpaired) electrons. The van der Waals surface area contributed by atoms with Crippen LogP contribution in [0, 0.1) is 5.92 Å². The highest BCUT2D eigenvalue weighted by Gasteiger charge is 2.21. The van der Waals surface area contributed by atoms with E-state index in [0.29, 0.717) is 11.3 Å². The molecule has 0 bridgehead atoms. The predicted octanol–water partition coefficient (Wildman–Crippen LogP) is 0.941. The van der Waals surface area contributed by atoms with Gasteiger partial charge < -0.3 is 5.32 Å². The zero-order valence-electron chi connectivity index (χ0n) is 14.2. The van der Waals surface area contributed by atoms with Crippen LogP contribution in [-0.2, 0) is 14.1 Å². The van der Waals surface area contributed by atoms with E-state index in [2.05, 4.69) is 17.2 Å². The van der Waals surface area contributed by atoms with Gasteiger partial charge in [-0.15, -0.1) is 0 Å². The molecular formula is C17H22N4O3. The molecule has 0 spiro atoms. The molecule has 1 fully saturated rings. The van der Waals surface area contributed by atoms with Crippen molar-refractivity contribution in [3.63, 3.8) is 0 Å². The number of pyridine rings is 1. The van der Waals surface area contributed by atoms with Gasteiger partial charge in [0, 0.05) is 20.1 Å². The molecule has 1 amide bonds. The van der Waals surface area contributed by atoms with Gasteiger partial charge >= 0.3 is 5.69 Å². The van der Waals surface area contributed by atoms with E-state index in [9.17, 15) is 14.4 Å². The van der Waals surface area contributed by atoms with Gasteiger partial charge in [-0.1, -0.05) is 6.92 Å². The van der Waals surface area contributed by atoms with Gasteiger partial charge in [0.2, 0.25) is 0 Å². The molecule has 0 saturated heterocycles. The third kappa shape index (κ3) is 2.86. The first-order chi connectivity index (χ1) is 11.4. The van der Waals surface area contributed by atoms with Gasteiger partial charge in [-0.05, 0) is 43.7 Å². The molecule has 3 rings (SSSR count). The maximum Gasteiger partial charge on any atom is 0.332 e. The van der Waals surface area contributed by atoms with Gasteiger partial charge in [-0.3, -0.25) is 18.7 Å². The van der Waals surface area contributed by atoms with Crippen molar-refractivity contribution < 1.29 is 4.79 Å². The zero-order valence-corrected chi connectivity index (χ0v) is 14.2. The maximum absolute atomic E-state index is 12.4. The minimum atomic E-state index is -0.459. The summed E-state index contributed by atoms with van der Waals surface area (Å²) in [5.74, 6) is 0.451. The molecule has 128 valence electrons. The molecule has 2 aromatic rings. The van der Waals surface area contributed by atoms with Gasteiger partial charge in [0.15, 0.2) is 0 Å². The quantitative estimate of drug-likeness (QED) is 0.888. The summed E-state index contributed by atoms with van der Waals surface area (Å²) < 4.78 is 2.32. The Kier molecular flexibility index (Phi) is 4.26. The van der Waals surface area contributed by atoms with Crippen LogP contribution in [0.4, 0.5) is 0 Å². The Morgan fingerprint density at radius 1 is 1.12 bits per heavy atom. The fraction of sp³-hybridized carbons (Fsp3) is 0.529. The van der Waals surface area contributed by atoms with Crippen LogP contribution in [0.5, 0.6) is 0 Å². The van der Waals surface area contributed by atoms with Crippen molar-refractivity contribution in [2.24, 2.45) is 20.0 Å². The van der Waals surface area contributed by atoms with E-state index in [4.69, 9.17) is 0 Å². The van der Waals surface area contributed by atoms with Gasteiger partial charge in [0.25, 0.3) is 11.5 Å². The topological polar surface area (TPSA) is 86.0 Å². The number of hydrogen-bond acceptors (Lipinski definition) is 4. The predicted molar refractivity (Wildman–Crippen MR) is 91.1 cm³/mol. The van der Waals surface area contributed by atoms with Crippen molar-refractivity contribution in [3.8, 4) is 0 Å². The van der Waals surface area contributed by atoms with Crippen LogP contribution in [0.15, 0.2) is 21.7 Å². The lowest BCUT2D eigenvalue weighted by Gasteiger charge is -2.26. The smallest absolute Gasteiger partial charge is 0.332 e. The van der Waals surface area contributed by atoms with Gasteiger partial charge in [-0.2, -0.15) is 0 Å². The summed E-state index contributed by atoms with van der Waals surface area (Å²) in [7, 11) is 2.97. The van der Waals surface area contributed by atoms with Crippen LogP contribution in [0.25, 0.3) is 11.0 Å². The van der Waals surface area contributed by atoms with Crippen LogP contribution in [0.1, 0.15) is 43.1 Å². The summed E-state index contributed by atoms with van der Waals surface area (Å²) in [6, 6.07) is 3.26. The molecule has 1 N–H and O–H groups in total. The first-order valence-corrected chi connectivity index (χ1v) is 8.26. The van der Waals surface area contributed by atoms with Crippen molar-refractivity contribution in [2.75, 3.05) is 0 Å². The number of amides is 1. The number of aromatic nitrogens is 3. The highest BCUT2D eigenvalue weighted by Crippen LogP contribution is 2.23. The molecule has 0 aromatic carbocycles. The second-order valence-corrected chi connectivity index (χ2v) is 6.70. The normalized spacial score (nSPS) is 21.0. The standard InChI is InChI=1S/C17H22N4O3/c1-10-4-6-11(7-5-10)18-15(22)13-9-8-12-14(19-13)20(2)17(24)21(3)16(12)23/h8-11H,4-7H2,1-3H3,(H,18,22). The van der Waals surface area contributed by atoms with Crippen molar-refractivity contribution in [1.82, 2.24) is 19.4 Å². The number of rotatable bonds is 2. The molecule has 24 heavy (non-hydrogen) atoms. The number of nitrogens with one attached hydrogen (secondary N) is 1. The van der Waals surface area contributed by atoms with Crippen LogP contribution in [-0.4, -0.2) is 26.1 Å². The van der Waals surface area contributed by atoms with Crippen molar-refractivity contribution in [3.05, 3.63) is 38.7 Å². The average molecular weight is 330 g/mol. The van der Waals surface area contributed by atoms with Crippen LogP contribution < -0.4 is 16.6 Å². The molecule has 7 heteroatoms. The molecule has 0 atom stereocenters. The summed E-state index contributed by atoms with van der Waals surface area (Å²) >= 11 is 0. The SMILES string of the molecule is CC1CCC(NC(=O)c2ccc3c(=O)n(C)c(=O)n(C)c3n2)CC1. The Morgan fingerprint density at radius 3 is 2.46 bits per heavy atom. The second kappa shape index (κ2) is 6.22. The largest absolute Gasteiger partial charge is 0.348 e. The number of nitrogens with zero attached hydrogens (tertiary/aromatic N) is 3. The summed E-state index contributed by atoms with van der Waals surface area (Å²) in [4.78, 5) is 40.9. The van der Waals surface area contributed by atoms with E-state index >= 15 is 0 Å². The fourth-order valence-corrected chi connectivity index (χ4v) is 3.24. The van der Waals surface area contributed by atoms with E-state index in [0.717, 1.165) is 30.3 Å². The third-order valence-electron chi connectivity index (χ3n) is 4.89. The Bertz CT molecular complexity index is 904. The minimum absolute atomic E-state index is 0.165. The number of carbonyl (C=O) groups excluding carboxylic acids is 1. The maximum atomic E-state index is 12.4. The highest BCUT2D eigenvalue weighted by atomic mass is 16.2. The zero-order chi connectivity index (χ0) is 17.4. The summed E-state index contributed by atoms with van der Waals surface area (Å²) in [5, 5.41) is 3.33. The number of aryl methyl sites for hydroxylation is 1. The van der Waals surface area contributed by atoms with E-state index in [1.807, 2.05) is 0 Å². The third-order valence-corrected chi connectivity index (χ3v) is 4.89. The fourth-order valence-electron chi connectivity index (χ4n) is 3.24. The van der Waals surface area contributed by atoms with Crippen molar-refractivity contribution in [2.45, 2.75) is 38.6 Å². The minimum Gasteiger partial charge on any atom is -0.348 e. The molecule has 1 aliphatic rings. The molecule has 7 nitrogen and oxygen atoms in total. The Balaban J connectivity index is 1.92. The first-order valence-electron chi connectivity index (χ1n) is 8.26. The lowest BCUT2D eigenvalue weighted by molar-refractivity contribution is 0.0918. The Labute approximate surface area is 139 Å². The molecule has 2 aromatic heterocycles. The highest BCUT2D eigenvalue weighted by molar-refractivity contribution is 5.94. The summed E-state index contributed by atoms with van der Waals surface area (Å²) in [5.41, 5.74) is -0.412. The van der Waals surface area contributed by atoms with E-state index in [-0.39, 0.29) is 23.3 Å². The molecule has 2 heterocycles. The van der Waals surface area contributed by atoms with Crippen LogP contribution in [0.2, 0.25) is 0 Å². The lowest BCUT2D eigenvalue weighted by Crippen LogP contribution is -2.39. The monoisotopic (exact) mass is 330 g/mol. The second-order valence-electron chi connectivity index (χ2n) is 6.70. The summed E-state index contributed by atoms with van der Waals surface area (Å²) in [6.45, 7) is 2.23. The van der Waals surface area contributed by atoms with E-state index < -0.39 is 11.2 Å². The van der Waals surface area contributed by atoms with Crippen molar-refractivity contribution in [1.29, 1.82) is 0 Å². The molecular weight excluding hydrogens is 308 g/mol.